The number of hydrogen-bond acceptors (Lipinski definition) is 1. The highest BCUT2D eigenvalue weighted by Gasteiger charge is 2.12. The third-order valence-corrected chi connectivity index (χ3v) is 3.74. The summed E-state index contributed by atoms with van der Waals surface area (Å²) in [5, 5.41) is 4.41. The second-order valence-corrected chi connectivity index (χ2v) is 5.46. The first-order chi connectivity index (χ1) is 9.08. The first-order valence-electron chi connectivity index (χ1n) is 6.65. The van der Waals surface area contributed by atoms with Crippen molar-refractivity contribution >= 4 is 11.6 Å². The van der Waals surface area contributed by atoms with Crippen molar-refractivity contribution in [2.24, 2.45) is 0 Å². The van der Waals surface area contributed by atoms with E-state index in [2.05, 4.69) is 56.4 Å². The molecule has 0 heterocycles. The molecule has 1 N–H and O–H groups in total. The van der Waals surface area contributed by atoms with Crippen LogP contribution in [0.3, 0.4) is 0 Å². The van der Waals surface area contributed by atoms with Gasteiger partial charge in [-0.25, -0.2) is 0 Å². The first kappa shape index (κ1) is 14.1. The van der Waals surface area contributed by atoms with Gasteiger partial charge in [0.1, 0.15) is 0 Å². The molecule has 0 saturated heterocycles. The third kappa shape index (κ3) is 3.59. The maximum absolute atomic E-state index is 6.04. The van der Waals surface area contributed by atoms with Gasteiger partial charge in [0.05, 0.1) is 0 Å². The molecule has 0 saturated carbocycles. The third-order valence-electron chi connectivity index (χ3n) is 3.50. The summed E-state index contributed by atoms with van der Waals surface area (Å²) in [6, 6.07) is 17.1. The molecule has 2 rings (SSSR count). The summed E-state index contributed by atoms with van der Waals surface area (Å²) in [4.78, 5) is 0. The standard InChI is InChI=1S/C17H20ClN/c1-12-7-4-5-10-17(12)14(3)19-13(2)15-8-6-9-16(18)11-15/h4-11,13-14,19H,1-3H3/t13-,14?/m1/s1. The van der Waals surface area contributed by atoms with E-state index in [4.69, 9.17) is 11.6 Å². The Morgan fingerprint density at radius 3 is 2.37 bits per heavy atom. The lowest BCUT2D eigenvalue weighted by Gasteiger charge is -2.22. The highest BCUT2D eigenvalue weighted by Crippen LogP contribution is 2.23. The molecule has 0 aliphatic rings. The summed E-state index contributed by atoms with van der Waals surface area (Å²) in [6.45, 7) is 6.52. The monoisotopic (exact) mass is 273 g/mol. The van der Waals surface area contributed by atoms with Crippen molar-refractivity contribution in [2.45, 2.75) is 32.9 Å². The Kier molecular flexibility index (Phi) is 4.62. The van der Waals surface area contributed by atoms with Crippen LogP contribution in [0.2, 0.25) is 5.02 Å². The smallest absolute Gasteiger partial charge is 0.0409 e. The van der Waals surface area contributed by atoms with Crippen LogP contribution in [0, 0.1) is 6.92 Å². The molecule has 2 atom stereocenters. The van der Waals surface area contributed by atoms with Gasteiger partial charge >= 0.3 is 0 Å². The lowest BCUT2D eigenvalue weighted by atomic mass is 10.0. The van der Waals surface area contributed by atoms with Crippen molar-refractivity contribution in [3.8, 4) is 0 Å². The molecule has 2 aromatic rings. The van der Waals surface area contributed by atoms with Crippen molar-refractivity contribution in [3.05, 3.63) is 70.2 Å². The van der Waals surface area contributed by atoms with Crippen LogP contribution in [0.4, 0.5) is 0 Å². The lowest BCUT2D eigenvalue weighted by molar-refractivity contribution is 0.493. The van der Waals surface area contributed by atoms with E-state index >= 15 is 0 Å². The first-order valence-corrected chi connectivity index (χ1v) is 7.03. The van der Waals surface area contributed by atoms with E-state index < -0.39 is 0 Å². The minimum atomic E-state index is 0.272. The van der Waals surface area contributed by atoms with Crippen LogP contribution in [-0.4, -0.2) is 0 Å². The summed E-state index contributed by atoms with van der Waals surface area (Å²) in [5.74, 6) is 0. The molecule has 0 fully saturated rings. The summed E-state index contributed by atoms with van der Waals surface area (Å²) < 4.78 is 0. The molecule has 0 bridgehead atoms. The Hall–Kier alpha value is -1.31. The molecule has 0 aliphatic carbocycles. The molecule has 0 radical (unpaired) electrons. The Bertz CT molecular complexity index is 550. The molecule has 1 unspecified atom stereocenters. The van der Waals surface area contributed by atoms with E-state index in [1.54, 1.807) is 0 Å². The minimum Gasteiger partial charge on any atom is -0.304 e. The van der Waals surface area contributed by atoms with Gasteiger partial charge in [-0.15, -0.1) is 0 Å². The maximum atomic E-state index is 6.04. The van der Waals surface area contributed by atoms with Crippen LogP contribution in [-0.2, 0) is 0 Å². The molecule has 2 heteroatoms. The number of benzene rings is 2. The second kappa shape index (κ2) is 6.23. The Morgan fingerprint density at radius 2 is 1.68 bits per heavy atom. The van der Waals surface area contributed by atoms with E-state index in [0.717, 1.165) is 5.02 Å². The zero-order valence-corrected chi connectivity index (χ0v) is 12.4. The number of hydrogen-bond donors (Lipinski definition) is 1. The SMILES string of the molecule is Cc1ccccc1C(C)N[C@H](C)c1cccc(Cl)c1. The normalized spacial score (nSPS) is 14.1. The molecule has 0 spiro atoms. The van der Waals surface area contributed by atoms with Gasteiger partial charge in [-0.2, -0.15) is 0 Å². The molecule has 0 aliphatic heterocycles. The summed E-state index contributed by atoms with van der Waals surface area (Å²) >= 11 is 6.04. The molecule has 0 aromatic heterocycles. The van der Waals surface area contributed by atoms with Crippen molar-refractivity contribution in [1.29, 1.82) is 0 Å². The summed E-state index contributed by atoms with van der Waals surface area (Å²) in [7, 11) is 0. The fourth-order valence-electron chi connectivity index (χ4n) is 2.41. The molecule has 19 heavy (non-hydrogen) atoms. The van der Waals surface area contributed by atoms with Crippen LogP contribution in [0.1, 0.15) is 42.6 Å². The highest BCUT2D eigenvalue weighted by atomic mass is 35.5. The van der Waals surface area contributed by atoms with Crippen molar-refractivity contribution in [3.63, 3.8) is 0 Å². The fraction of sp³-hybridized carbons (Fsp3) is 0.294. The molecule has 100 valence electrons. The Labute approximate surface area is 120 Å². The van der Waals surface area contributed by atoms with Crippen LogP contribution < -0.4 is 5.32 Å². The Balaban J connectivity index is 2.11. The van der Waals surface area contributed by atoms with E-state index in [9.17, 15) is 0 Å². The molecule has 0 amide bonds. The fourth-order valence-corrected chi connectivity index (χ4v) is 2.61. The highest BCUT2D eigenvalue weighted by molar-refractivity contribution is 6.30. The van der Waals surface area contributed by atoms with Gasteiger partial charge in [0.15, 0.2) is 0 Å². The predicted molar refractivity (Wildman–Crippen MR) is 82.6 cm³/mol. The van der Waals surface area contributed by atoms with E-state index in [1.165, 1.54) is 16.7 Å². The van der Waals surface area contributed by atoms with Gasteiger partial charge in [-0.1, -0.05) is 48.0 Å². The quantitative estimate of drug-likeness (QED) is 0.821. The van der Waals surface area contributed by atoms with E-state index in [1.807, 2.05) is 18.2 Å². The van der Waals surface area contributed by atoms with Crippen LogP contribution in [0.5, 0.6) is 0 Å². The summed E-state index contributed by atoms with van der Waals surface area (Å²) in [6.07, 6.45) is 0. The van der Waals surface area contributed by atoms with Gasteiger partial charge in [0, 0.05) is 17.1 Å². The molecule has 1 nitrogen and oxygen atoms in total. The minimum absolute atomic E-state index is 0.272. The van der Waals surface area contributed by atoms with Gasteiger partial charge in [-0.3, -0.25) is 0 Å². The van der Waals surface area contributed by atoms with Crippen LogP contribution >= 0.6 is 11.6 Å². The number of rotatable bonds is 4. The van der Waals surface area contributed by atoms with Crippen LogP contribution in [0.25, 0.3) is 0 Å². The zero-order chi connectivity index (χ0) is 13.8. The van der Waals surface area contributed by atoms with Gasteiger partial charge in [-0.05, 0) is 49.6 Å². The van der Waals surface area contributed by atoms with Crippen molar-refractivity contribution < 1.29 is 0 Å². The van der Waals surface area contributed by atoms with E-state index in [-0.39, 0.29) is 6.04 Å². The molecular formula is C17H20ClN. The number of nitrogens with one attached hydrogen (secondary N) is 1. The second-order valence-electron chi connectivity index (χ2n) is 5.02. The number of halogens is 1. The summed E-state index contributed by atoms with van der Waals surface area (Å²) in [5.41, 5.74) is 3.88. The maximum Gasteiger partial charge on any atom is 0.0409 e. The largest absolute Gasteiger partial charge is 0.304 e. The topological polar surface area (TPSA) is 12.0 Å². The average Bonchev–Trinajstić information content (AvgIpc) is 2.39. The van der Waals surface area contributed by atoms with Crippen molar-refractivity contribution in [1.82, 2.24) is 5.32 Å². The lowest BCUT2D eigenvalue weighted by Crippen LogP contribution is -2.23. The van der Waals surface area contributed by atoms with Crippen molar-refractivity contribution in [2.75, 3.05) is 0 Å². The van der Waals surface area contributed by atoms with Crippen LogP contribution in [0.15, 0.2) is 48.5 Å². The predicted octanol–water partition coefficient (Wildman–Crippen LogP) is 5.06. The average molecular weight is 274 g/mol. The number of aryl methyl sites for hydroxylation is 1. The Morgan fingerprint density at radius 1 is 0.947 bits per heavy atom. The zero-order valence-electron chi connectivity index (χ0n) is 11.7. The van der Waals surface area contributed by atoms with Gasteiger partial charge < -0.3 is 5.32 Å². The van der Waals surface area contributed by atoms with Gasteiger partial charge in [0.25, 0.3) is 0 Å². The van der Waals surface area contributed by atoms with Gasteiger partial charge in [0.2, 0.25) is 0 Å². The molecular weight excluding hydrogens is 254 g/mol. The van der Waals surface area contributed by atoms with E-state index in [0.29, 0.717) is 6.04 Å². The molecule has 2 aromatic carbocycles.